The molecule has 1 aromatic carbocycles. The van der Waals surface area contributed by atoms with Crippen molar-refractivity contribution < 1.29 is 0 Å². The zero-order valence-electron chi connectivity index (χ0n) is 11.4. The molecule has 0 saturated heterocycles. The van der Waals surface area contributed by atoms with Gasteiger partial charge >= 0.3 is 0 Å². The Morgan fingerprint density at radius 2 is 1.88 bits per heavy atom. The van der Waals surface area contributed by atoms with Crippen LogP contribution in [-0.2, 0) is 0 Å². The molecule has 0 radical (unpaired) electrons. The lowest BCUT2D eigenvalue weighted by atomic mass is 9.85. The van der Waals surface area contributed by atoms with Gasteiger partial charge in [0.1, 0.15) is 0 Å². The largest absolute Gasteiger partial charge is 0.330 e. The van der Waals surface area contributed by atoms with E-state index in [0.29, 0.717) is 11.5 Å². The molecule has 2 rings (SSSR count). The molecule has 17 heavy (non-hydrogen) atoms. The number of benzene rings is 1. The lowest BCUT2D eigenvalue weighted by molar-refractivity contribution is 0.365. The first kappa shape index (κ1) is 12.6. The van der Waals surface area contributed by atoms with Crippen LogP contribution in [0, 0.1) is 26.2 Å². The maximum Gasteiger partial charge on any atom is 0.0389 e. The molecule has 94 valence electrons. The van der Waals surface area contributed by atoms with Crippen molar-refractivity contribution in [3.63, 3.8) is 0 Å². The van der Waals surface area contributed by atoms with Crippen molar-refractivity contribution in [2.24, 2.45) is 11.1 Å². The van der Waals surface area contributed by atoms with Gasteiger partial charge in [-0.15, -0.1) is 0 Å². The minimum atomic E-state index is 0.307. The quantitative estimate of drug-likeness (QED) is 0.837. The summed E-state index contributed by atoms with van der Waals surface area (Å²) in [6, 6.07) is 4.91. The molecule has 0 aromatic heterocycles. The normalized spacial score (nSPS) is 19.1. The third-order valence-corrected chi connectivity index (χ3v) is 4.61. The maximum atomic E-state index is 5.96. The van der Waals surface area contributed by atoms with Crippen LogP contribution in [-0.4, -0.2) is 13.6 Å². The highest BCUT2D eigenvalue weighted by Gasteiger charge is 2.48. The van der Waals surface area contributed by atoms with Crippen molar-refractivity contribution in [1.82, 2.24) is 5.32 Å². The zero-order chi connectivity index (χ0) is 12.6. The van der Waals surface area contributed by atoms with E-state index in [-0.39, 0.29) is 0 Å². The zero-order valence-corrected chi connectivity index (χ0v) is 11.4. The highest BCUT2D eigenvalue weighted by molar-refractivity contribution is 5.41. The molecule has 0 aliphatic heterocycles. The van der Waals surface area contributed by atoms with Gasteiger partial charge in [-0.25, -0.2) is 0 Å². The van der Waals surface area contributed by atoms with Gasteiger partial charge in [0.25, 0.3) is 0 Å². The van der Waals surface area contributed by atoms with Crippen molar-refractivity contribution in [3.05, 3.63) is 34.4 Å². The van der Waals surface area contributed by atoms with Gasteiger partial charge in [-0.3, -0.25) is 0 Å². The fourth-order valence-electron chi connectivity index (χ4n) is 2.85. The van der Waals surface area contributed by atoms with Gasteiger partial charge in [0.15, 0.2) is 0 Å². The number of aryl methyl sites for hydroxylation is 1. The summed E-state index contributed by atoms with van der Waals surface area (Å²) in [5, 5.41) is 3.48. The molecule has 0 bridgehead atoms. The van der Waals surface area contributed by atoms with E-state index >= 15 is 0 Å². The summed E-state index contributed by atoms with van der Waals surface area (Å²) in [7, 11) is 2.05. The average molecular weight is 232 g/mol. The summed E-state index contributed by atoms with van der Waals surface area (Å²) in [6.45, 7) is 7.40. The molecule has 0 spiro atoms. The van der Waals surface area contributed by atoms with Crippen LogP contribution in [0.25, 0.3) is 0 Å². The van der Waals surface area contributed by atoms with Crippen LogP contribution < -0.4 is 11.1 Å². The van der Waals surface area contributed by atoms with E-state index in [1.165, 1.54) is 35.1 Å². The highest BCUT2D eigenvalue weighted by atomic mass is 14.9. The molecule has 0 amide bonds. The highest BCUT2D eigenvalue weighted by Crippen LogP contribution is 2.54. The first-order chi connectivity index (χ1) is 8.05. The Kier molecular flexibility index (Phi) is 3.28. The standard InChI is InChI=1S/C15H24N2/c1-10-5-6-13(12(3)11(10)2)14(17-4)15(9-16)7-8-15/h5-6,14,17H,7-9,16H2,1-4H3. The van der Waals surface area contributed by atoms with Gasteiger partial charge in [0.2, 0.25) is 0 Å². The predicted molar refractivity (Wildman–Crippen MR) is 73.2 cm³/mol. The van der Waals surface area contributed by atoms with Crippen LogP contribution in [0.1, 0.15) is 41.1 Å². The second kappa shape index (κ2) is 4.43. The van der Waals surface area contributed by atoms with Crippen molar-refractivity contribution in [1.29, 1.82) is 0 Å². The van der Waals surface area contributed by atoms with E-state index in [2.05, 4.69) is 45.3 Å². The smallest absolute Gasteiger partial charge is 0.0389 e. The van der Waals surface area contributed by atoms with E-state index in [9.17, 15) is 0 Å². The van der Waals surface area contributed by atoms with Crippen molar-refractivity contribution >= 4 is 0 Å². The molecule has 1 atom stereocenters. The molecule has 1 saturated carbocycles. The van der Waals surface area contributed by atoms with Gasteiger partial charge in [0.05, 0.1) is 0 Å². The topological polar surface area (TPSA) is 38.0 Å². The van der Waals surface area contributed by atoms with Gasteiger partial charge in [-0.2, -0.15) is 0 Å². The maximum absolute atomic E-state index is 5.96. The Bertz CT molecular complexity index is 419. The Balaban J connectivity index is 2.42. The van der Waals surface area contributed by atoms with Crippen molar-refractivity contribution in [3.8, 4) is 0 Å². The lowest BCUT2D eigenvalue weighted by Gasteiger charge is -2.28. The SMILES string of the molecule is CNC(c1ccc(C)c(C)c1C)C1(CN)CC1. The molecule has 1 aliphatic carbocycles. The van der Waals surface area contributed by atoms with Gasteiger partial charge in [-0.05, 0) is 69.5 Å². The number of rotatable bonds is 4. The molecule has 2 nitrogen and oxygen atoms in total. The second-order valence-electron chi connectivity index (χ2n) is 5.51. The summed E-state index contributed by atoms with van der Waals surface area (Å²) >= 11 is 0. The van der Waals surface area contributed by atoms with Gasteiger partial charge in [0, 0.05) is 11.5 Å². The fourth-order valence-corrected chi connectivity index (χ4v) is 2.85. The number of nitrogens with one attached hydrogen (secondary N) is 1. The van der Waals surface area contributed by atoms with E-state index in [1.54, 1.807) is 0 Å². The van der Waals surface area contributed by atoms with E-state index in [4.69, 9.17) is 5.73 Å². The third-order valence-electron chi connectivity index (χ3n) is 4.61. The summed E-state index contributed by atoms with van der Waals surface area (Å²) in [5.41, 5.74) is 11.9. The number of nitrogens with two attached hydrogens (primary N) is 1. The molecule has 1 unspecified atom stereocenters. The third kappa shape index (κ3) is 2.00. The van der Waals surface area contributed by atoms with Crippen LogP contribution in [0.4, 0.5) is 0 Å². The van der Waals surface area contributed by atoms with Crippen LogP contribution >= 0.6 is 0 Å². The lowest BCUT2D eigenvalue weighted by Crippen LogP contribution is -2.32. The molecule has 1 fully saturated rings. The minimum absolute atomic E-state index is 0.307. The first-order valence-electron chi connectivity index (χ1n) is 6.50. The summed E-state index contributed by atoms with van der Waals surface area (Å²) in [4.78, 5) is 0. The van der Waals surface area contributed by atoms with E-state index < -0.39 is 0 Å². The molecular weight excluding hydrogens is 208 g/mol. The van der Waals surface area contributed by atoms with Crippen LogP contribution in [0.2, 0.25) is 0 Å². The minimum Gasteiger partial charge on any atom is -0.330 e. The average Bonchev–Trinajstić information content (AvgIpc) is 3.11. The van der Waals surface area contributed by atoms with Crippen LogP contribution in [0.3, 0.4) is 0 Å². The molecule has 0 heterocycles. The summed E-state index contributed by atoms with van der Waals surface area (Å²) < 4.78 is 0. The summed E-state index contributed by atoms with van der Waals surface area (Å²) in [6.07, 6.45) is 2.50. The molecular formula is C15H24N2. The fraction of sp³-hybridized carbons (Fsp3) is 0.600. The van der Waals surface area contributed by atoms with Crippen molar-refractivity contribution in [2.75, 3.05) is 13.6 Å². The Morgan fingerprint density at radius 1 is 1.24 bits per heavy atom. The molecule has 2 heteroatoms. The Labute approximate surface area is 105 Å². The Hall–Kier alpha value is -0.860. The Morgan fingerprint density at radius 3 is 2.35 bits per heavy atom. The monoisotopic (exact) mass is 232 g/mol. The van der Waals surface area contributed by atoms with Crippen LogP contribution in [0.15, 0.2) is 12.1 Å². The van der Waals surface area contributed by atoms with Crippen LogP contribution in [0.5, 0.6) is 0 Å². The van der Waals surface area contributed by atoms with Gasteiger partial charge in [-0.1, -0.05) is 12.1 Å². The summed E-state index contributed by atoms with van der Waals surface area (Å²) in [5.74, 6) is 0. The number of hydrogen-bond donors (Lipinski definition) is 2. The van der Waals surface area contributed by atoms with E-state index in [1.807, 2.05) is 0 Å². The molecule has 1 aromatic rings. The van der Waals surface area contributed by atoms with E-state index in [0.717, 1.165) is 6.54 Å². The number of hydrogen-bond acceptors (Lipinski definition) is 2. The predicted octanol–water partition coefficient (Wildman–Crippen LogP) is 2.61. The van der Waals surface area contributed by atoms with Gasteiger partial charge < -0.3 is 11.1 Å². The van der Waals surface area contributed by atoms with Crippen molar-refractivity contribution in [2.45, 2.75) is 39.7 Å². The first-order valence-corrected chi connectivity index (χ1v) is 6.50. The molecule has 3 N–H and O–H groups in total. The molecule has 1 aliphatic rings. The second-order valence-corrected chi connectivity index (χ2v) is 5.51.